The van der Waals surface area contributed by atoms with Crippen molar-refractivity contribution in [3.05, 3.63) is 17.7 Å². The zero-order chi connectivity index (χ0) is 20.2. The van der Waals surface area contributed by atoms with Crippen LogP contribution in [0.5, 0.6) is 11.5 Å². The van der Waals surface area contributed by atoms with Crippen LogP contribution in [0, 0.1) is 0 Å². The van der Waals surface area contributed by atoms with Gasteiger partial charge in [-0.3, -0.25) is 4.79 Å². The molecule has 0 aliphatic carbocycles. The van der Waals surface area contributed by atoms with Gasteiger partial charge in [0.2, 0.25) is 0 Å². The number of anilines is 1. The Labute approximate surface area is 167 Å². The maximum atomic E-state index is 14.2. The average molecular weight is 421 g/mol. The quantitative estimate of drug-likeness (QED) is 0.507. The molecule has 1 heterocycles. The number of carbonyl (C=O) groups is 1. The summed E-state index contributed by atoms with van der Waals surface area (Å²) in [4.78, 5) is 14.4. The van der Waals surface area contributed by atoms with Crippen LogP contribution in [0.4, 0.5) is 14.5 Å². The summed E-state index contributed by atoms with van der Waals surface area (Å²) in [7, 11) is 2.91. The van der Waals surface area contributed by atoms with Crippen LogP contribution < -0.4 is 15.2 Å². The van der Waals surface area contributed by atoms with Gasteiger partial charge in [-0.25, -0.2) is 8.78 Å². The number of likely N-dealkylation sites (tertiary alicyclic amines) is 1. The van der Waals surface area contributed by atoms with Crippen molar-refractivity contribution in [1.82, 2.24) is 4.90 Å². The lowest BCUT2D eigenvalue weighted by atomic mass is 10.1. The van der Waals surface area contributed by atoms with Crippen LogP contribution in [0.15, 0.2) is 12.1 Å². The minimum atomic E-state index is -2.91. The largest absolute Gasteiger partial charge is 0.493 e. The average Bonchev–Trinajstić information content (AvgIpc) is 2.96. The van der Waals surface area contributed by atoms with Gasteiger partial charge in [0.05, 0.1) is 37.0 Å². The van der Waals surface area contributed by atoms with Gasteiger partial charge in [-0.1, -0.05) is 13.8 Å². The zero-order valence-corrected chi connectivity index (χ0v) is 17.6. The highest BCUT2D eigenvalue weighted by Gasteiger charge is 2.50. The molecule has 0 radical (unpaired) electrons. The standard InChI is InChI=1S/C18H26F2N2O3S2/c1-5-26-17(27-6-2)13-9-18(19,20)10-22(13)16(23)11-7-14(24-3)15(25-4)8-12(11)21/h7-8,13,17H,5-6,9-10,21H2,1-4H3/t13-/m0/s1. The first-order valence-electron chi connectivity index (χ1n) is 8.71. The molecular weight excluding hydrogens is 394 g/mol. The van der Waals surface area contributed by atoms with Crippen LogP contribution in [0.1, 0.15) is 30.6 Å². The number of ether oxygens (including phenoxy) is 2. The van der Waals surface area contributed by atoms with Crippen molar-refractivity contribution in [2.45, 2.75) is 36.8 Å². The number of carbonyl (C=O) groups excluding carboxylic acids is 1. The highest BCUT2D eigenvalue weighted by molar-refractivity contribution is 8.17. The Morgan fingerprint density at radius 1 is 1.26 bits per heavy atom. The second kappa shape index (κ2) is 9.23. The summed E-state index contributed by atoms with van der Waals surface area (Å²) in [6.07, 6.45) is -0.337. The number of nitrogens with two attached hydrogens (primary N) is 1. The third-order valence-electron chi connectivity index (χ3n) is 4.33. The number of thioether (sulfide) groups is 2. The number of hydrogen-bond acceptors (Lipinski definition) is 6. The van der Waals surface area contributed by atoms with Crippen molar-refractivity contribution in [2.75, 3.05) is 38.0 Å². The van der Waals surface area contributed by atoms with Crippen LogP contribution in [-0.4, -0.2) is 59.6 Å². The monoisotopic (exact) mass is 420 g/mol. The molecule has 0 spiro atoms. The maximum Gasteiger partial charge on any atom is 0.267 e. The van der Waals surface area contributed by atoms with Gasteiger partial charge in [-0.15, -0.1) is 23.5 Å². The third kappa shape index (κ3) is 4.93. The van der Waals surface area contributed by atoms with E-state index in [1.165, 1.54) is 31.3 Å². The predicted molar refractivity (Wildman–Crippen MR) is 108 cm³/mol. The molecule has 1 atom stereocenters. The lowest BCUT2D eigenvalue weighted by molar-refractivity contribution is 0.0118. The Hall–Kier alpha value is -1.35. The molecule has 9 heteroatoms. The van der Waals surface area contributed by atoms with Crippen molar-refractivity contribution in [3.63, 3.8) is 0 Å². The van der Waals surface area contributed by atoms with Gasteiger partial charge in [0.25, 0.3) is 11.8 Å². The van der Waals surface area contributed by atoms with Gasteiger partial charge in [-0.2, -0.15) is 0 Å². The van der Waals surface area contributed by atoms with E-state index in [0.717, 1.165) is 11.5 Å². The van der Waals surface area contributed by atoms with Crippen LogP contribution in [-0.2, 0) is 0 Å². The number of hydrogen-bond donors (Lipinski definition) is 1. The van der Waals surface area contributed by atoms with Crippen LogP contribution in [0.2, 0.25) is 0 Å². The molecule has 0 aromatic heterocycles. The number of alkyl halides is 2. The molecule has 1 fully saturated rings. The van der Waals surface area contributed by atoms with E-state index in [9.17, 15) is 13.6 Å². The number of nitrogens with zero attached hydrogens (tertiary/aromatic N) is 1. The highest BCUT2D eigenvalue weighted by atomic mass is 32.2. The van der Waals surface area contributed by atoms with Gasteiger partial charge in [-0.05, 0) is 17.6 Å². The minimum Gasteiger partial charge on any atom is -0.493 e. The summed E-state index contributed by atoms with van der Waals surface area (Å²) in [5, 5.41) is 0. The number of rotatable bonds is 8. The van der Waals surface area contributed by atoms with Gasteiger partial charge < -0.3 is 20.1 Å². The molecule has 1 aromatic carbocycles. The summed E-state index contributed by atoms with van der Waals surface area (Å²) in [6.45, 7) is 3.37. The Balaban J connectivity index is 2.39. The van der Waals surface area contributed by atoms with Crippen LogP contribution in [0.25, 0.3) is 0 Å². The van der Waals surface area contributed by atoms with E-state index >= 15 is 0 Å². The van der Waals surface area contributed by atoms with Gasteiger partial charge in [0.1, 0.15) is 0 Å². The lowest BCUT2D eigenvalue weighted by Crippen LogP contribution is -2.41. The first-order chi connectivity index (χ1) is 12.8. The topological polar surface area (TPSA) is 64.8 Å². The summed E-state index contributed by atoms with van der Waals surface area (Å²) >= 11 is 3.19. The molecule has 27 heavy (non-hydrogen) atoms. The molecule has 1 aliphatic rings. The second-order valence-electron chi connectivity index (χ2n) is 6.13. The highest BCUT2D eigenvalue weighted by Crippen LogP contribution is 2.42. The second-order valence-corrected chi connectivity index (χ2v) is 9.27. The fourth-order valence-electron chi connectivity index (χ4n) is 3.15. The fraction of sp³-hybridized carbons (Fsp3) is 0.611. The van der Waals surface area contributed by atoms with E-state index in [0.29, 0.717) is 11.5 Å². The van der Waals surface area contributed by atoms with Crippen LogP contribution >= 0.6 is 23.5 Å². The molecule has 1 saturated heterocycles. The maximum absolute atomic E-state index is 14.2. The van der Waals surface area contributed by atoms with E-state index in [4.69, 9.17) is 15.2 Å². The zero-order valence-electron chi connectivity index (χ0n) is 16.0. The molecule has 5 nitrogen and oxygen atoms in total. The number of amides is 1. The molecular formula is C18H26F2N2O3S2. The van der Waals surface area contributed by atoms with E-state index in [-0.39, 0.29) is 22.3 Å². The molecule has 0 bridgehead atoms. The van der Waals surface area contributed by atoms with Crippen molar-refractivity contribution < 1.29 is 23.0 Å². The normalized spacial score (nSPS) is 18.8. The smallest absolute Gasteiger partial charge is 0.267 e. The van der Waals surface area contributed by atoms with E-state index in [2.05, 4.69) is 0 Å². The van der Waals surface area contributed by atoms with Gasteiger partial charge in [0, 0.05) is 18.2 Å². The summed E-state index contributed by atoms with van der Waals surface area (Å²) < 4.78 is 38.8. The summed E-state index contributed by atoms with van der Waals surface area (Å²) in [5.41, 5.74) is 6.34. The Bertz CT molecular complexity index is 670. The first-order valence-corrected chi connectivity index (χ1v) is 10.8. The fourth-order valence-corrected chi connectivity index (χ4v) is 5.94. The Morgan fingerprint density at radius 3 is 2.33 bits per heavy atom. The number of benzene rings is 1. The SMILES string of the molecule is CCSC(SCC)[C@@H]1CC(F)(F)CN1C(=O)c1cc(OC)c(OC)cc1N. The first kappa shape index (κ1) is 21.9. The van der Waals surface area contributed by atoms with E-state index < -0.39 is 24.4 Å². The third-order valence-corrected chi connectivity index (χ3v) is 7.10. The molecule has 152 valence electrons. The van der Waals surface area contributed by atoms with Crippen molar-refractivity contribution >= 4 is 35.1 Å². The predicted octanol–water partition coefficient (Wildman–Crippen LogP) is 3.97. The minimum absolute atomic E-state index is 0.112. The molecule has 2 rings (SSSR count). The molecule has 2 N–H and O–H groups in total. The van der Waals surface area contributed by atoms with E-state index in [1.807, 2.05) is 13.8 Å². The summed E-state index contributed by atoms with van der Waals surface area (Å²) in [6, 6.07) is 2.38. The van der Waals surface area contributed by atoms with Gasteiger partial charge >= 0.3 is 0 Å². The molecule has 1 aliphatic heterocycles. The number of halogens is 2. The lowest BCUT2D eigenvalue weighted by Gasteiger charge is -2.30. The number of nitrogen functional groups attached to an aromatic ring is 1. The van der Waals surface area contributed by atoms with Crippen LogP contribution in [0.3, 0.4) is 0 Å². The molecule has 0 saturated carbocycles. The van der Waals surface area contributed by atoms with Crippen molar-refractivity contribution in [3.8, 4) is 11.5 Å². The summed E-state index contributed by atoms with van der Waals surface area (Å²) in [5.74, 6) is -1.11. The molecule has 1 aromatic rings. The Morgan fingerprint density at radius 2 is 1.81 bits per heavy atom. The van der Waals surface area contributed by atoms with Gasteiger partial charge in [0.15, 0.2) is 11.5 Å². The Kier molecular flexibility index (Phi) is 7.50. The molecule has 0 unspecified atom stereocenters. The number of methoxy groups -OCH3 is 2. The molecule has 1 amide bonds. The van der Waals surface area contributed by atoms with E-state index in [1.54, 1.807) is 23.5 Å². The van der Waals surface area contributed by atoms with Crippen molar-refractivity contribution in [1.29, 1.82) is 0 Å². The van der Waals surface area contributed by atoms with Crippen molar-refractivity contribution in [2.24, 2.45) is 0 Å².